The van der Waals surface area contributed by atoms with Gasteiger partial charge >= 0.3 is 0 Å². The van der Waals surface area contributed by atoms with Crippen molar-refractivity contribution in [2.75, 3.05) is 11.1 Å². The van der Waals surface area contributed by atoms with Crippen LogP contribution in [-0.2, 0) is 6.54 Å². The van der Waals surface area contributed by atoms with Crippen LogP contribution in [0.2, 0.25) is 0 Å². The van der Waals surface area contributed by atoms with Crippen LogP contribution in [-0.4, -0.2) is 15.5 Å². The van der Waals surface area contributed by atoms with Gasteiger partial charge in [0, 0.05) is 23.4 Å². The van der Waals surface area contributed by atoms with Crippen LogP contribution in [0.15, 0.2) is 35.1 Å². The molecular weight excluding hydrogens is 308 g/mol. The van der Waals surface area contributed by atoms with E-state index in [1.807, 2.05) is 17.6 Å². The molecule has 1 amide bonds. The highest BCUT2D eigenvalue weighted by Gasteiger charge is 2.13. The van der Waals surface area contributed by atoms with Gasteiger partial charge in [-0.05, 0) is 40.5 Å². The van der Waals surface area contributed by atoms with Crippen molar-refractivity contribution in [2.45, 2.75) is 19.9 Å². The number of hydrogen-bond donors (Lipinski definition) is 2. The van der Waals surface area contributed by atoms with Crippen LogP contribution in [0.3, 0.4) is 0 Å². The number of carbonyl (C=O) groups is 1. The number of nitrogen functional groups attached to an aromatic ring is 1. The lowest BCUT2D eigenvalue weighted by atomic mass is 10.3. The van der Waals surface area contributed by atoms with E-state index in [4.69, 9.17) is 5.73 Å². The first kappa shape index (κ1) is 13.6. The van der Waals surface area contributed by atoms with Crippen molar-refractivity contribution >= 4 is 33.3 Å². The van der Waals surface area contributed by atoms with Crippen LogP contribution >= 0.6 is 15.9 Å². The highest BCUT2D eigenvalue weighted by molar-refractivity contribution is 9.10. The third-order valence-corrected chi connectivity index (χ3v) is 3.05. The lowest BCUT2D eigenvalue weighted by Gasteiger charge is -2.08. The van der Waals surface area contributed by atoms with Gasteiger partial charge in [0.2, 0.25) is 0 Å². The predicted molar refractivity (Wildman–Crippen MR) is 79.0 cm³/mol. The molecule has 0 aliphatic heterocycles. The highest BCUT2D eigenvalue weighted by atomic mass is 79.9. The number of amides is 1. The van der Waals surface area contributed by atoms with Crippen molar-refractivity contribution in [2.24, 2.45) is 0 Å². The zero-order valence-corrected chi connectivity index (χ0v) is 12.1. The minimum atomic E-state index is -0.208. The molecule has 2 aromatic rings. The SMILES string of the molecule is CCCn1cc(N)cc1C(=O)Nc1ccc(Br)cn1. The summed E-state index contributed by atoms with van der Waals surface area (Å²) in [7, 11) is 0. The van der Waals surface area contributed by atoms with Gasteiger partial charge in [0.05, 0.1) is 5.69 Å². The average Bonchev–Trinajstić information content (AvgIpc) is 2.74. The van der Waals surface area contributed by atoms with E-state index in [0.717, 1.165) is 17.4 Å². The van der Waals surface area contributed by atoms with Crippen LogP contribution in [0, 0.1) is 0 Å². The molecule has 19 heavy (non-hydrogen) atoms. The number of aryl methyl sites for hydroxylation is 1. The quantitative estimate of drug-likeness (QED) is 0.909. The molecule has 0 saturated heterocycles. The van der Waals surface area contributed by atoms with Gasteiger partial charge in [-0.15, -0.1) is 0 Å². The molecule has 0 atom stereocenters. The lowest BCUT2D eigenvalue weighted by Crippen LogP contribution is -2.17. The molecule has 0 radical (unpaired) electrons. The van der Waals surface area contributed by atoms with E-state index in [-0.39, 0.29) is 5.91 Å². The molecule has 0 spiro atoms. The number of nitrogens with zero attached hydrogens (tertiary/aromatic N) is 2. The van der Waals surface area contributed by atoms with Gasteiger partial charge in [-0.1, -0.05) is 6.92 Å². The number of halogens is 1. The molecule has 0 bridgehead atoms. The summed E-state index contributed by atoms with van der Waals surface area (Å²) in [5.74, 6) is 0.302. The Morgan fingerprint density at radius 2 is 2.32 bits per heavy atom. The van der Waals surface area contributed by atoms with E-state index in [9.17, 15) is 4.79 Å². The molecule has 2 heterocycles. The van der Waals surface area contributed by atoms with Crippen molar-refractivity contribution in [1.82, 2.24) is 9.55 Å². The van der Waals surface area contributed by atoms with Crippen molar-refractivity contribution in [3.05, 3.63) is 40.8 Å². The Labute approximate surface area is 120 Å². The molecule has 0 unspecified atom stereocenters. The van der Waals surface area contributed by atoms with E-state index in [1.165, 1.54) is 0 Å². The van der Waals surface area contributed by atoms with Crippen LogP contribution in [0.4, 0.5) is 11.5 Å². The second-order valence-electron chi connectivity index (χ2n) is 4.17. The average molecular weight is 323 g/mol. The van der Waals surface area contributed by atoms with Crippen molar-refractivity contribution < 1.29 is 4.79 Å². The Hall–Kier alpha value is -1.82. The largest absolute Gasteiger partial charge is 0.397 e. The smallest absolute Gasteiger partial charge is 0.273 e. The van der Waals surface area contributed by atoms with Crippen LogP contribution in [0.1, 0.15) is 23.8 Å². The fourth-order valence-corrected chi connectivity index (χ4v) is 2.01. The molecule has 3 N–H and O–H groups in total. The molecular formula is C13H15BrN4O. The third-order valence-electron chi connectivity index (χ3n) is 2.58. The predicted octanol–water partition coefficient (Wildman–Crippen LogP) is 2.89. The first-order chi connectivity index (χ1) is 9.10. The fourth-order valence-electron chi connectivity index (χ4n) is 1.78. The Morgan fingerprint density at radius 1 is 1.53 bits per heavy atom. The van der Waals surface area contributed by atoms with Gasteiger partial charge in [0.15, 0.2) is 0 Å². The summed E-state index contributed by atoms with van der Waals surface area (Å²) in [5, 5.41) is 2.75. The van der Waals surface area contributed by atoms with E-state index in [0.29, 0.717) is 17.2 Å². The summed E-state index contributed by atoms with van der Waals surface area (Å²) in [6, 6.07) is 5.23. The molecule has 0 aromatic carbocycles. The number of aromatic nitrogens is 2. The van der Waals surface area contributed by atoms with E-state index < -0.39 is 0 Å². The molecule has 0 aliphatic rings. The van der Waals surface area contributed by atoms with Crippen LogP contribution in [0.5, 0.6) is 0 Å². The molecule has 2 aromatic heterocycles. The summed E-state index contributed by atoms with van der Waals surface area (Å²) in [4.78, 5) is 16.3. The van der Waals surface area contributed by atoms with Crippen molar-refractivity contribution in [3.63, 3.8) is 0 Å². The van der Waals surface area contributed by atoms with Crippen molar-refractivity contribution in [3.8, 4) is 0 Å². The first-order valence-corrected chi connectivity index (χ1v) is 6.78. The number of pyridine rings is 1. The van der Waals surface area contributed by atoms with Gasteiger partial charge in [0.25, 0.3) is 5.91 Å². The van der Waals surface area contributed by atoms with Crippen LogP contribution in [0.25, 0.3) is 0 Å². The molecule has 0 fully saturated rings. The number of rotatable bonds is 4. The monoisotopic (exact) mass is 322 g/mol. The van der Waals surface area contributed by atoms with Gasteiger partial charge < -0.3 is 15.6 Å². The number of anilines is 2. The van der Waals surface area contributed by atoms with Gasteiger partial charge in [0.1, 0.15) is 11.5 Å². The second kappa shape index (κ2) is 5.88. The molecule has 2 rings (SSSR count). The Morgan fingerprint density at radius 3 is 2.95 bits per heavy atom. The summed E-state index contributed by atoms with van der Waals surface area (Å²) in [6.45, 7) is 2.81. The molecule has 0 aliphatic carbocycles. The molecule has 0 saturated carbocycles. The summed E-state index contributed by atoms with van der Waals surface area (Å²) in [5.41, 5.74) is 6.87. The van der Waals surface area contributed by atoms with Crippen molar-refractivity contribution in [1.29, 1.82) is 0 Å². The minimum absolute atomic E-state index is 0.208. The van der Waals surface area contributed by atoms with Crippen LogP contribution < -0.4 is 11.1 Å². The maximum atomic E-state index is 12.2. The normalized spacial score (nSPS) is 10.4. The number of carbonyl (C=O) groups excluding carboxylic acids is 1. The second-order valence-corrected chi connectivity index (χ2v) is 5.08. The van der Waals surface area contributed by atoms with Gasteiger partial charge in [-0.25, -0.2) is 4.98 Å². The maximum absolute atomic E-state index is 12.2. The lowest BCUT2D eigenvalue weighted by molar-refractivity contribution is 0.101. The minimum Gasteiger partial charge on any atom is -0.397 e. The maximum Gasteiger partial charge on any atom is 0.273 e. The standard InChI is InChI=1S/C13H15BrN4O/c1-2-5-18-8-10(15)6-11(18)13(19)17-12-4-3-9(14)7-16-12/h3-4,6-8H,2,5,15H2,1H3,(H,16,17,19). The van der Waals surface area contributed by atoms with Gasteiger partial charge in [-0.3, -0.25) is 4.79 Å². The fraction of sp³-hybridized carbons (Fsp3) is 0.231. The van der Waals surface area contributed by atoms with E-state index in [2.05, 4.69) is 26.2 Å². The molecule has 6 heteroatoms. The first-order valence-electron chi connectivity index (χ1n) is 5.98. The van der Waals surface area contributed by atoms with Gasteiger partial charge in [-0.2, -0.15) is 0 Å². The van der Waals surface area contributed by atoms with E-state index in [1.54, 1.807) is 24.5 Å². The molecule has 100 valence electrons. The number of nitrogens with two attached hydrogens (primary N) is 1. The van der Waals surface area contributed by atoms with E-state index >= 15 is 0 Å². The number of hydrogen-bond acceptors (Lipinski definition) is 3. The number of nitrogens with one attached hydrogen (secondary N) is 1. The Bertz CT molecular complexity index is 577. The Kier molecular flexibility index (Phi) is 4.21. The Balaban J connectivity index is 2.17. The zero-order chi connectivity index (χ0) is 13.8. The topological polar surface area (TPSA) is 72.9 Å². The zero-order valence-electron chi connectivity index (χ0n) is 10.6. The highest BCUT2D eigenvalue weighted by Crippen LogP contribution is 2.15. The summed E-state index contributed by atoms with van der Waals surface area (Å²) >= 11 is 3.30. The third kappa shape index (κ3) is 3.35. The summed E-state index contributed by atoms with van der Waals surface area (Å²) in [6.07, 6.45) is 4.34. The summed E-state index contributed by atoms with van der Waals surface area (Å²) < 4.78 is 2.72. The molecule has 5 nitrogen and oxygen atoms in total.